The molecule has 0 aliphatic carbocycles. The first kappa shape index (κ1) is 14.0. The van der Waals surface area contributed by atoms with Crippen molar-refractivity contribution in [1.29, 1.82) is 5.26 Å². The summed E-state index contributed by atoms with van der Waals surface area (Å²) >= 11 is 0. The molecule has 0 amide bonds. The number of piperidine rings is 1. The van der Waals surface area contributed by atoms with E-state index in [1.165, 1.54) is 12.8 Å². The molecule has 4 heterocycles. The summed E-state index contributed by atoms with van der Waals surface area (Å²) in [4.78, 5) is 13.7. The molecular formula is C18H19N5. The van der Waals surface area contributed by atoms with Gasteiger partial charge in [-0.2, -0.15) is 5.26 Å². The Labute approximate surface area is 136 Å². The Kier molecular flexibility index (Phi) is 3.58. The first-order chi connectivity index (χ1) is 11.3. The van der Waals surface area contributed by atoms with Gasteiger partial charge in [0.25, 0.3) is 0 Å². The predicted octanol–water partition coefficient (Wildman–Crippen LogP) is 2.45. The molecular weight excluding hydrogens is 286 g/mol. The van der Waals surface area contributed by atoms with Crippen LogP contribution in [0.1, 0.15) is 18.4 Å². The van der Waals surface area contributed by atoms with Gasteiger partial charge in [-0.05, 0) is 43.0 Å². The normalized spacial score (nSPS) is 23.4. The minimum atomic E-state index is 0.451. The molecule has 2 unspecified atom stereocenters. The fourth-order valence-electron chi connectivity index (χ4n) is 3.82. The van der Waals surface area contributed by atoms with E-state index in [-0.39, 0.29) is 0 Å². The van der Waals surface area contributed by atoms with Crippen LogP contribution in [0.2, 0.25) is 0 Å². The molecule has 116 valence electrons. The lowest BCUT2D eigenvalue weighted by Gasteiger charge is -2.39. The SMILES string of the molecule is N#Cc1ccnc(N2CCC3CCN(c4ccccn4)CC32)c1. The maximum absolute atomic E-state index is 9.12. The second-order valence-corrected chi connectivity index (χ2v) is 6.25. The van der Waals surface area contributed by atoms with Crippen LogP contribution in [0.25, 0.3) is 0 Å². The number of rotatable bonds is 2. The van der Waals surface area contributed by atoms with E-state index in [0.29, 0.717) is 17.5 Å². The van der Waals surface area contributed by atoms with Crippen LogP contribution in [0, 0.1) is 17.2 Å². The molecule has 5 heteroatoms. The number of pyridine rings is 2. The number of anilines is 2. The highest BCUT2D eigenvalue weighted by Gasteiger charge is 2.39. The average molecular weight is 305 g/mol. The smallest absolute Gasteiger partial charge is 0.130 e. The van der Waals surface area contributed by atoms with Crippen molar-refractivity contribution in [2.45, 2.75) is 18.9 Å². The lowest BCUT2D eigenvalue weighted by molar-refractivity contribution is 0.388. The van der Waals surface area contributed by atoms with Crippen molar-refractivity contribution in [3.63, 3.8) is 0 Å². The summed E-state index contributed by atoms with van der Waals surface area (Å²) in [5.74, 6) is 2.69. The van der Waals surface area contributed by atoms with Gasteiger partial charge in [-0.1, -0.05) is 6.07 Å². The van der Waals surface area contributed by atoms with E-state index in [4.69, 9.17) is 5.26 Å². The molecule has 23 heavy (non-hydrogen) atoms. The molecule has 2 aromatic rings. The third kappa shape index (κ3) is 2.61. The molecule has 4 rings (SSSR count). The fourth-order valence-corrected chi connectivity index (χ4v) is 3.82. The van der Waals surface area contributed by atoms with Gasteiger partial charge in [0.15, 0.2) is 0 Å². The molecule has 0 spiro atoms. The van der Waals surface area contributed by atoms with Crippen molar-refractivity contribution in [3.05, 3.63) is 48.3 Å². The number of nitriles is 1. The molecule has 2 atom stereocenters. The van der Waals surface area contributed by atoms with Gasteiger partial charge in [-0.15, -0.1) is 0 Å². The Hall–Kier alpha value is -2.61. The highest BCUT2D eigenvalue weighted by Crippen LogP contribution is 2.35. The van der Waals surface area contributed by atoms with Crippen LogP contribution >= 0.6 is 0 Å². The van der Waals surface area contributed by atoms with Crippen LogP contribution in [0.4, 0.5) is 11.6 Å². The third-order valence-electron chi connectivity index (χ3n) is 5.00. The number of fused-ring (bicyclic) bond motifs is 1. The van der Waals surface area contributed by atoms with E-state index in [9.17, 15) is 0 Å². The molecule has 2 saturated heterocycles. The van der Waals surface area contributed by atoms with E-state index in [2.05, 4.69) is 31.9 Å². The summed E-state index contributed by atoms with van der Waals surface area (Å²) in [5, 5.41) is 9.12. The summed E-state index contributed by atoms with van der Waals surface area (Å²) in [5.41, 5.74) is 0.677. The van der Waals surface area contributed by atoms with Gasteiger partial charge in [0.05, 0.1) is 17.7 Å². The first-order valence-electron chi connectivity index (χ1n) is 8.14. The van der Waals surface area contributed by atoms with Gasteiger partial charge in [-0.25, -0.2) is 9.97 Å². The molecule has 0 saturated carbocycles. The lowest BCUT2D eigenvalue weighted by Crippen LogP contribution is -2.48. The Bertz CT molecular complexity index is 724. The van der Waals surface area contributed by atoms with Crippen LogP contribution in [0.15, 0.2) is 42.7 Å². The number of aromatic nitrogens is 2. The van der Waals surface area contributed by atoms with Crippen molar-refractivity contribution in [2.24, 2.45) is 5.92 Å². The van der Waals surface area contributed by atoms with Crippen molar-refractivity contribution in [1.82, 2.24) is 9.97 Å². The van der Waals surface area contributed by atoms with Crippen LogP contribution in [-0.4, -0.2) is 35.6 Å². The molecule has 0 aromatic carbocycles. The Morgan fingerprint density at radius 2 is 1.91 bits per heavy atom. The number of hydrogen-bond donors (Lipinski definition) is 0. The van der Waals surface area contributed by atoms with Crippen molar-refractivity contribution in [3.8, 4) is 6.07 Å². The standard InChI is InChI=1S/C18H19N5/c19-12-14-4-8-21-18(11-14)23-10-6-15-5-9-22(13-16(15)23)17-3-1-2-7-20-17/h1-4,7-8,11,15-16H,5-6,9-10,13H2. The summed E-state index contributed by atoms with van der Waals surface area (Å²) < 4.78 is 0. The van der Waals surface area contributed by atoms with Gasteiger partial charge in [-0.3, -0.25) is 0 Å². The van der Waals surface area contributed by atoms with E-state index >= 15 is 0 Å². The molecule has 5 nitrogen and oxygen atoms in total. The Balaban J connectivity index is 1.58. The lowest BCUT2D eigenvalue weighted by atomic mass is 9.92. The maximum Gasteiger partial charge on any atom is 0.130 e. The zero-order valence-electron chi connectivity index (χ0n) is 13.0. The average Bonchev–Trinajstić information content (AvgIpc) is 3.05. The molecule has 0 N–H and O–H groups in total. The van der Waals surface area contributed by atoms with E-state index in [0.717, 1.165) is 31.3 Å². The Morgan fingerprint density at radius 3 is 2.74 bits per heavy atom. The molecule has 2 fully saturated rings. The summed E-state index contributed by atoms with van der Waals surface area (Å²) in [6, 6.07) is 12.4. The van der Waals surface area contributed by atoms with E-state index < -0.39 is 0 Å². The number of nitrogens with zero attached hydrogens (tertiary/aromatic N) is 5. The quantitative estimate of drug-likeness (QED) is 0.853. The summed E-state index contributed by atoms with van der Waals surface area (Å²) in [7, 11) is 0. The fraction of sp³-hybridized carbons (Fsp3) is 0.389. The van der Waals surface area contributed by atoms with Gasteiger partial charge in [0.1, 0.15) is 11.6 Å². The van der Waals surface area contributed by atoms with Crippen LogP contribution in [-0.2, 0) is 0 Å². The second kappa shape index (κ2) is 5.88. The third-order valence-corrected chi connectivity index (χ3v) is 5.00. The van der Waals surface area contributed by atoms with Crippen molar-refractivity contribution >= 4 is 11.6 Å². The topological polar surface area (TPSA) is 56.1 Å². The van der Waals surface area contributed by atoms with Gasteiger partial charge < -0.3 is 9.80 Å². The highest BCUT2D eigenvalue weighted by atomic mass is 15.3. The van der Waals surface area contributed by atoms with Crippen LogP contribution in [0.5, 0.6) is 0 Å². The molecule has 2 aliphatic rings. The van der Waals surface area contributed by atoms with Crippen molar-refractivity contribution < 1.29 is 0 Å². The zero-order valence-corrected chi connectivity index (χ0v) is 13.0. The molecule has 0 bridgehead atoms. The monoisotopic (exact) mass is 305 g/mol. The zero-order chi connectivity index (χ0) is 15.6. The molecule has 2 aromatic heterocycles. The Morgan fingerprint density at radius 1 is 1.04 bits per heavy atom. The van der Waals surface area contributed by atoms with Gasteiger partial charge in [0.2, 0.25) is 0 Å². The van der Waals surface area contributed by atoms with Gasteiger partial charge >= 0.3 is 0 Å². The largest absolute Gasteiger partial charge is 0.355 e. The van der Waals surface area contributed by atoms with Crippen molar-refractivity contribution in [2.75, 3.05) is 29.4 Å². The highest BCUT2D eigenvalue weighted by molar-refractivity contribution is 5.49. The van der Waals surface area contributed by atoms with Crippen LogP contribution < -0.4 is 9.80 Å². The maximum atomic E-state index is 9.12. The second-order valence-electron chi connectivity index (χ2n) is 6.25. The van der Waals surface area contributed by atoms with Crippen LogP contribution in [0.3, 0.4) is 0 Å². The van der Waals surface area contributed by atoms with E-state index in [1.54, 1.807) is 12.3 Å². The van der Waals surface area contributed by atoms with Gasteiger partial charge in [0, 0.05) is 32.0 Å². The minimum Gasteiger partial charge on any atom is -0.355 e. The summed E-state index contributed by atoms with van der Waals surface area (Å²) in [6.45, 7) is 3.06. The first-order valence-corrected chi connectivity index (χ1v) is 8.14. The predicted molar refractivity (Wildman–Crippen MR) is 89.3 cm³/mol. The molecule has 0 radical (unpaired) electrons. The minimum absolute atomic E-state index is 0.451. The summed E-state index contributed by atoms with van der Waals surface area (Å²) in [6.07, 6.45) is 5.99. The number of hydrogen-bond acceptors (Lipinski definition) is 5. The van der Waals surface area contributed by atoms with E-state index in [1.807, 2.05) is 24.4 Å². The molecule has 2 aliphatic heterocycles.